The third kappa shape index (κ3) is 2.41. The van der Waals surface area contributed by atoms with Gasteiger partial charge in [-0.3, -0.25) is 0 Å². The van der Waals surface area contributed by atoms with Crippen molar-refractivity contribution in [1.82, 2.24) is 15.3 Å². The number of rotatable bonds is 4. The van der Waals surface area contributed by atoms with Crippen molar-refractivity contribution < 1.29 is 4.84 Å². The van der Waals surface area contributed by atoms with Crippen LogP contribution in [0.5, 0.6) is 0 Å². The molecule has 0 atom stereocenters. The number of nitrogens with one attached hydrogen (secondary N) is 1. The van der Waals surface area contributed by atoms with Crippen molar-refractivity contribution in [1.29, 1.82) is 0 Å². The maximum absolute atomic E-state index is 5.97. The van der Waals surface area contributed by atoms with E-state index in [1.165, 1.54) is 0 Å². The fourth-order valence-electron chi connectivity index (χ4n) is 1.39. The van der Waals surface area contributed by atoms with Crippen molar-refractivity contribution in [3.05, 3.63) is 47.2 Å². The minimum absolute atomic E-state index is 0.600. The van der Waals surface area contributed by atoms with Gasteiger partial charge in [-0.1, -0.05) is 23.7 Å². The second-order valence-electron chi connectivity index (χ2n) is 3.26. The largest absolute Gasteiger partial charge is 0.305 e. The van der Waals surface area contributed by atoms with Gasteiger partial charge in [0.05, 0.1) is 19.0 Å². The summed E-state index contributed by atoms with van der Waals surface area (Å²) in [5.74, 6) is 0. The van der Waals surface area contributed by atoms with Crippen molar-refractivity contribution in [2.45, 2.75) is 6.54 Å². The SMILES string of the molecule is CONCc1ccc(-n2nccc2Cl)cc1. The predicted octanol–water partition coefficient (Wildman–Crippen LogP) is 2.18. The van der Waals surface area contributed by atoms with Crippen LogP contribution in [0.3, 0.4) is 0 Å². The topological polar surface area (TPSA) is 39.1 Å². The Balaban J connectivity index is 2.16. The number of nitrogens with zero attached hydrogens (tertiary/aromatic N) is 2. The van der Waals surface area contributed by atoms with Gasteiger partial charge in [0, 0.05) is 6.54 Å². The van der Waals surface area contributed by atoms with Crippen LogP contribution < -0.4 is 5.48 Å². The zero-order valence-electron chi connectivity index (χ0n) is 8.85. The second-order valence-corrected chi connectivity index (χ2v) is 3.64. The van der Waals surface area contributed by atoms with E-state index >= 15 is 0 Å². The van der Waals surface area contributed by atoms with E-state index < -0.39 is 0 Å². The molecule has 16 heavy (non-hydrogen) atoms. The lowest BCUT2D eigenvalue weighted by atomic mass is 10.2. The van der Waals surface area contributed by atoms with Crippen LogP contribution in [-0.2, 0) is 11.4 Å². The van der Waals surface area contributed by atoms with Gasteiger partial charge in [0.2, 0.25) is 0 Å². The molecule has 1 N–H and O–H groups in total. The summed E-state index contributed by atoms with van der Waals surface area (Å²) >= 11 is 5.97. The molecule has 4 nitrogen and oxygen atoms in total. The first-order valence-electron chi connectivity index (χ1n) is 4.86. The lowest BCUT2D eigenvalue weighted by Gasteiger charge is -2.05. The van der Waals surface area contributed by atoms with Crippen LogP contribution >= 0.6 is 11.6 Å². The molecule has 2 aromatic rings. The average molecular weight is 238 g/mol. The fraction of sp³-hybridized carbons (Fsp3) is 0.182. The normalized spacial score (nSPS) is 10.6. The van der Waals surface area contributed by atoms with Gasteiger partial charge in [-0.15, -0.1) is 0 Å². The molecule has 0 aliphatic heterocycles. The van der Waals surface area contributed by atoms with E-state index in [1.54, 1.807) is 24.1 Å². The highest BCUT2D eigenvalue weighted by Gasteiger charge is 2.01. The minimum Gasteiger partial charge on any atom is -0.305 e. The Morgan fingerprint density at radius 1 is 1.31 bits per heavy atom. The minimum atomic E-state index is 0.600. The first-order valence-corrected chi connectivity index (χ1v) is 5.24. The lowest BCUT2D eigenvalue weighted by molar-refractivity contribution is 0.0867. The molecular formula is C11H12ClN3O. The Morgan fingerprint density at radius 3 is 2.62 bits per heavy atom. The molecule has 1 heterocycles. The van der Waals surface area contributed by atoms with E-state index in [0.717, 1.165) is 11.3 Å². The van der Waals surface area contributed by atoms with Gasteiger partial charge in [0.1, 0.15) is 5.15 Å². The molecule has 1 aromatic heterocycles. The third-order valence-corrected chi connectivity index (χ3v) is 2.48. The lowest BCUT2D eigenvalue weighted by Crippen LogP contribution is -2.10. The summed E-state index contributed by atoms with van der Waals surface area (Å²) in [6.07, 6.45) is 1.67. The maximum Gasteiger partial charge on any atom is 0.132 e. The standard InChI is InChI=1S/C11H12ClN3O/c1-16-14-8-9-2-4-10(5-3-9)15-11(12)6-7-13-15/h2-7,14H,8H2,1H3. The van der Waals surface area contributed by atoms with E-state index in [2.05, 4.69) is 10.6 Å². The average Bonchev–Trinajstić information content (AvgIpc) is 2.74. The zero-order chi connectivity index (χ0) is 11.4. The highest BCUT2D eigenvalue weighted by molar-refractivity contribution is 6.29. The van der Waals surface area contributed by atoms with Gasteiger partial charge in [0.15, 0.2) is 0 Å². The summed E-state index contributed by atoms with van der Waals surface area (Å²) in [6, 6.07) is 9.68. The molecule has 5 heteroatoms. The van der Waals surface area contributed by atoms with Crippen LogP contribution in [0.25, 0.3) is 5.69 Å². The van der Waals surface area contributed by atoms with Gasteiger partial charge >= 0.3 is 0 Å². The number of hydrogen-bond acceptors (Lipinski definition) is 3. The number of aromatic nitrogens is 2. The smallest absolute Gasteiger partial charge is 0.132 e. The summed E-state index contributed by atoms with van der Waals surface area (Å²) in [5.41, 5.74) is 4.86. The van der Waals surface area contributed by atoms with E-state index in [1.807, 2.05) is 24.3 Å². The molecule has 0 aliphatic rings. The van der Waals surface area contributed by atoms with Crippen molar-refractivity contribution in [3.63, 3.8) is 0 Å². The summed E-state index contributed by atoms with van der Waals surface area (Å²) in [6.45, 7) is 0.670. The molecule has 0 saturated heterocycles. The van der Waals surface area contributed by atoms with Crippen LogP contribution in [0.1, 0.15) is 5.56 Å². The summed E-state index contributed by atoms with van der Waals surface area (Å²) in [7, 11) is 1.60. The van der Waals surface area contributed by atoms with Crippen LogP contribution in [0, 0.1) is 0 Å². The quantitative estimate of drug-likeness (QED) is 0.829. The van der Waals surface area contributed by atoms with Crippen molar-refractivity contribution >= 4 is 11.6 Å². The Labute approximate surface area is 98.7 Å². The Bertz CT molecular complexity index is 453. The molecule has 0 fully saturated rings. The highest BCUT2D eigenvalue weighted by Crippen LogP contribution is 2.15. The first-order chi connectivity index (χ1) is 7.81. The van der Waals surface area contributed by atoms with Crippen molar-refractivity contribution in [2.75, 3.05) is 7.11 Å². The van der Waals surface area contributed by atoms with Gasteiger partial charge in [-0.25, -0.2) is 4.68 Å². The maximum atomic E-state index is 5.97. The Hall–Kier alpha value is -1.36. The van der Waals surface area contributed by atoms with E-state index in [0.29, 0.717) is 11.7 Å². The van der Waals surface area contributed by atoms with Crippen LogP contribution in [0.4, 0.5) is 0 Å². The zero-order valence-corrected chi connectivity index (χ0v) is 9.61. The Kier molecular flexibility index (Phi) is 3.56. The van der Waals surface area contributed by atoms with Gasteiger partial charge < -0.3 is 4.84 Å². The number of hydroxylamine groups is 1. The third-order valence-electron chi connectivity index (χ3n) is 2.20. The molecule has 2 rings (SSSR count). The summed E-state index contributed by atoms with van der Waals surface area (Å²) in [4.78, 5) is 4.78. The van der Waals surface area contributed by atoms with Crippen molar-refractivity contribution in [2.24, 2.45) is 0 Å². The molecule has 0 saturated carbocycles. The molecule has 0 spiro atoms. The highest BCUT2D eigenvalue weighted by atomic mass is 35.5. The van der Waals surface area contributed by atoms with Crippen LogP contribution in [0.2, 0.25) is 5.15 Å². The monoisotopic (exact) mass is 237 g/mol. The fourth-order valence-corrected chi connectivity index (χ4v) is 1.59. The summed E-state index contributed by atoms with van der Waals surface area (Å²) in [5, 5.41) is 4.72. The molecule has 0 bridgehead atoms. The Morgan fingerprint density at radius 2 is 2.06 bits per heavy atom. The first kappa shape index (κ1) is 11.1. The van der Waals surface area contributed by atoms with E-state index in [9.17, 15) is 0 Å². The molecule has 0 radical (unpaired) electrons. The van der Waals surface area contributed by atoms with Gasteiger partial charge in [-0.05, 0) is 23.8 Å². The molecule has 1 aromatic carbocycles. The molecule has 0 aliphatic carbocycles. The van der Waals surface area contributed by atoms with Crippen LogP contribution in [-0.4, -0.2) is 16.9 Å². The molecule has 0 amide bonds. The predicted molar refractivity (Wildman–Crippen MR) is 62.4 cm³/mol. The van der Waals surface area contributed by atoms with Crippen molar-refractivity contribution in [3.8, 4) is 5.69 Å². The number of hydrogen-bond donors (Lipinski definition) is 1. The molecule has 0 unspecified atom stereocenters. The second kappa shape index (κ2) is 5.12. The molecular weight excluding hydrogens is 226 g/mol. The number of benzene rings is 1. The van der Waals surface area contributed by atoms with E-state index in [-0.39, 0.29) is 0 Å². The summed E-state index contributed by atoms with van der Waals surface area (Å²) < 4.78 is 1.68. The van der Waals surface area contributed by atoms with Gasteiger partial charge in [0.25, 0.3) is 0 Å². The molecule has 84 valence electrons. The van der Waals surface area contributed by atoms with E-state index in [4.69, 9.17) is 16.4 Å². The number of halogens is 1. The van der Waals surface area contributed by atoms with Crippen LogP contribution in [0.15, 0.2) is 36.5 Å². The van der Waals surface area contributed by atoms with Gasteiger partial charge in [-0.2, -0.15) is 10.6 Å².